The molecule has 9 nitrogen and oxygen atoms in total. The summed E-state index contributed by atoms with van der Waals surface area (Å²) in [6.07, 6.45) is 11.6. The Hall–Kier alpha value is -5.49. The van der Waals surface area contributed by atoms with Gasteiger partial charge in [0.2, 0.25) is 0 Å². The number of ketones is 1. The van der Waals surface area contributed by atoms with Crippen LogP contribution >= 0.6 is 11.8 Å². The summed E-state index contributed by atoms with van der Waals surface area (Å²) in [5.74, 6) is 2.92. The van der Waals surface area contributed by atoms with Crippen LogP contribution in [0.25, 0.3) is 0 Å². The predicted octanol–water partition coefficient (Wildman–Crippen LogP) is 11.3. The van der Waals surface area contributed by atoms with Crippen LogP contribution in [0.2, 0.25) is 0 Å². The summed E-state index contributed by atoms with van der Waals surface area (Å²) in [6.45, 7) is 15.5. The highest BCUT2D eigenvalue weighted by atomic mass is 32.2. The van der Waals surface area contributed by atoms with Gasteiger partial charge in [-0.05, 0) is 173 Å². The number of carbonyl (C=O) groups is 1. The molecule has 5 aliphatic rings. The van der Waals surface area contributed by atoms with Crippen molar-refractivity contribution in [3.05, 3.63) is 155 Å². The van der Waals surface area contributed by atoms with Gasteiger partial charge in [-0.2, -0.15) is 10.5 Å². The van der Waals surface area contributed by atoms with Crippen LogP contribution < -0.4 is 9.64 Å². The Labute approximate surface area is 429 Å². The molecule has 0 amide bonds. The highest BCUT2D eigenvalue weighted by molar-refractivity contribution is 7.98. The van der Waals surface area contributed by atoms with Gasteiger partial charge >= 0.3 is 0 Å². The van der Waals surface area contributed by atoms with Crippen LogP contribution in [0, 0.1) is 46.3 Å². The lowest BCUT2D eigenvalue weighted by molar-refractivity contribution is -0.117. The molecule has 4 aliphatic heterocycles. The number of hydrogen-bond donors (Lipinski definition) is 0. The van der Waals surface area contributed by atoms with Crippen molar-refractivity contribution in [2.24, 2.45) is 23.7 Å². The number of likely N-dealkylation sites (tertiary alicyclic amines) is 2. The summed E-state index contributed by atoms with van der Waals surface area (Å²) in [5.41, 5.74) is 6.66. The molecule has 5 heterocycles. The van der Waals surface area contributed by atoms with Gasteiger partial charge in [-0.3, -0.25) is 9.78 Å². The molecule has 0 radical (unpaired) electrons. The summed E-state index contributed by atoms with van der Waals surface area (Å²) in [5, 5.41) is 19.5. The van der Waals surface area contributed by atoms with Gasteiger partial charge in [-0.1, -0.05) is 74.5 Å². The number of pyridine rings is 1. The lowest BCUT2D eigenvalue weighted by Crippen LogP contribution is -2.53. The van der Waals surface area contributed by atoms with Crippen LogP contribution in [-0.4, -0.2) is 104 Å². The van der Waals surface area contributed by atoms with E-state index in [1.165, 1.54) is 40.2 Å². The molecule has 4 fully saturated rings. The Kier molecular flexibility index (Phi) is 18.1. The summed E-state index contributed by atoms with van der Waals surface area (Å²) < 4.78 is 5.89. The third kappa shape index (κ3) is 11.9. The second-order valence-corrected chi connectivity index (χ2v) is 21.2. The van der Waals surface area contributed by atoms with Gasteiger partial charge in [-0.25, -0.2) is 0 Å². The Balaban J connectivity index is 0.000000184. The minimum atomic E-state index is -0.532. The van der Waals surface area contributed by atoms with Crippen molar-refractivity contribution in [3.63, 3.8) is 0 Å². The molecular weight excluding hydrogens is 895 g/mol. The van der Waals surface area contributed by atoms with Crippen molar-refractivity contribution < 1.29 is 9.53 Å². The van der Waals surface area contributed by atoms with E-state index in [9.17, 15) is 10.1 Å². The van der Waals surface area contributed by atoms with E-state index in [1.807, 2.05) is 56.4 Å². The number of carbonyl (C=O) groups excluding carboxylic acids is 1. The molecule has 10 heteroatoms. The van der Waals surface area contributed by atoms with E-state index in [4.69, 9.17) is 15.0 Å². The lowest BCUT2D eigenvalue weighted by atomic mass is 9.60. The monoisotopic (exact) mass is 970 g/mol. The summed E-state index contributed by atoms with van der Waals surface area (Å²) in [4.78, 5) is 28.6. The third-order valence-corrected chi connectivity index (χ3v) is 16.9. The first-order valence-electron chi connectivity index (χ1n) is 26.4. The molecule has 3 atom stereocenters. The van der Waals surface area contributed by atoms with Crippen LogP contribution in [0.4, 0.5) is 5.69 Å². The second-order valence-electron chi connectivity index (χ2n) is 20.3. The minimum Gasteiger partial charge on any atom is -0.494 e. The lowest BCUT2D eigenvalue weighted by Gasteiger charge is -2.50. The maximum absolute atomic E-state index is 12.2. The Morgan fingerprint density at radius 1 is 0.789 bits per heavy atom. The highest BCUT2D eigenvalue weighted by Crippen LogP contribution is 2.50. The molecule has 372 valence electrons. The number of anilines is 1. The molecule has 0 spiro atoms. The SMILES string of the molecule is CC.CN1Cc2ccccc2C(c2ccccn2)(C2CCN(CCCOc3ccc(C#N)cc3)CC2)C1.CSc1ccc(N2CC(CN3CCC(C(C#N)(c4ccccc4)C4CCC(=O)C4)CC3)C2)cc1. The number of benzene rings is 4. The van der Waals surface area contributed by atoms with E-state index >= 15 is 0 Å². The minimum absolute atomic E-state index is 0.0599. The highest BCUT2D eigenvalue weighted by Gasteiger charge is 2.51. The number of fused-ring (bicyclic) bond motifs is 1. The number of piperidine rings is 2. The first kappa shape index (κ1) is 51.9. The molecule has 4 aromatic carbocycles. The van der Waals surface area contributed by atoms with E-state index in [-0.39, 0.29) is 11.3 Å². The third-order valence-electron chi connectivity index (χ3n) is 16.2. The molecule has 0 bridgehead atoms. The molecule has 10 rings (SSSR count). The number of ether oxygens (including phenoxy) is 1. The number of nitriles is 2. The van der Waals surface area contributed by atoms with Crippen LogP contribution in [0.1, 0.15) is 93.2 Å². The predicted molar refractivity (Wildman–Crippen MR) is 289 cm³/mol. The Morgan fingerprint density at radius 3 is 2.13 bits per heavy atom. The van der Waals surface area contributed by atoms with E-state index in [0.29, 0.717) is 42.6 Å². The number of thioether (sulfide) groups is 1. The van der Waals surface area contributed by atoms with Crippen LogP contribution in [0.15, 0.2) is 132 Å². The number of Topliss-reactive ketones (excluding diaryl/α,β-unsaturated/α-hetero) is 1. The van der Waals surface area contributed by atoms with Crippen molar-refractivity contribution in [2.75, 3.05) is 83.7 Å². The van der Waals surface area contributed by atoms with Gasteiger partial charge in [-0.15, -0.1) is 11.8 Å². The normalized spacial score (nSPS) is 22.0. The Bertz CT molecular complexity index is 2520. The van der Waals surface area contributed by atoms with Gasteiger partial charge in [0.1, 0.15) is 11.5 Å². The maximum Gasteiger partial charge on any atom is 0.133 e. The fourth-order valence-electron chi connectivity index (χ4n) is 12.7. The fraction of sp³-hybridized carbons (Fsp3) is 0.475. The van der Waals surface area contributed by atoms with Crippen molar-refractivity contribution in [1.82, 2.24) is 19.7 Å². The molecule has 3 unspecified atom stereocenters. The van der Waals surface area contributed by atoms with E-state index in [0.717, 1.165) is 108 Å². The van der Waals surface area contributed by atoms with Crippen LogP contribution in [0.5, 0.6) is 5.75 Å². The molecule has 1 aromatic heterocycles. The first-order valence-corrected chi connectivity index (χ1v) is 27.7. The number of likely N-dealkylation sites (N-methyl/N-ethyl adjacent to an activating group) is 1. The topological polar surface area (TPSA) is 99.7 Å². The zero-order chi connectivity index (χ0) is 49.6. The average molecular weight is 970 g/mol. The van der Waals surface area contributed by atoms with Crippen LogP contribution in [-0.2, 0) is 22.2 Å². The number of hydrogen-bond acceptors (Lipinski definition) is 10. The van der Waals surface area contributed by atoms with Gasteiger partial charge < -0.3 is 24.3 Å². The van der Waals surface area contributed by atoms with Crippen molar-refractivity contribution in [1.29, 1.82) is 10.5 Å². The maximum atomic E-state index is 12.2. The van der Waals surface area contributed by atoms with Gasteiger partial charge in [0.15, 0.2) is 0 Å². The van der Waals surface area contributed by atoms with Crippen molar-refractivity contribution in [2.45, 2.75) is 87.5 Å². The largest absolute Gasteiger partial charge is 0.494 e. The van der Waals surface area contributed by atoms with Gasteiger partial charge in [0, 0.05) is 74.8 Å². The quantitative estimate of drug-likeness (QED) is 0.0790. The zero-order valence-electron chi connectivity index (χ0n) is 42.7. The van der Waals surface area contributed by atoms with E-state index in [1.54, 1.807) is 23.9 Å². The smallest absolute Gasteiger partial charge is 0.133 e. The second kappa shape index (κ2) is 24.8. The molecule has 1 aliphatic carbocycles. The van der Waals surface area contributed by atoms with E-state index in [2.05, 4.69) is 118 Å². The fourth-order valence-corrected chi connectivity index (χ4v) is 13.1. The summed E-state index contributed by atoms with van der Waals surface area (Å²) in [7, 11) is 2.25. The van der Waals surface area contributed by atoms with Crippen molar-refractivity contribution >= 4 is 23.2 Å². The van der Waals surface area contributed by atoms with Gasteiger partial charge in [0.25, 0.3) is 0 Å². The number of aromatic nitrogens is 1. The van der Waals surface area contributed by atoms with E-state index < -0.39 is 5.41 Å². The molecule has 0 N–H and O–H groups in total. The molecule has 1 saturated carbocycles. The number of rotatable bonds is 14. The van der Waals surface area contributed by atoms with Gasteiger partial charge in [0.05, 0.1) is 40.8 Å². The number of nitrogens with zero attached hydrogens (tertiary/aromatic N) is 7. The average Bonchev–Trinajstić information content (AvgIpc) is 3.86. The Morgan fingerprint density at radius 2 is 1.48 bits per heavy atom. The summed E-state index contributed by atoms with van der Waals surface area (Å²) in [6, 6.07) is 47.0. The first-order chi connectivity index (χ1) is 34.8. The van der Waals surface area contributed by atoms with Crippen molar-refractivity contribution in [3.8, 4) is 17.9 Å². The molecule has 5 aromatic rings. The zero-order valence-corrected chi connectivity index (χ0v) is 43.5. The summed E-state index contributed by atoms with van der Waals surface area (Å²) >= 11 is 1.79. The molecular formula is C61H75N7O2S. The molecule has 3 saturated heterocycles. The molecule has 71 heavy (non-hydrogen) atoms. The van der Waals surface area contributed by atoms with Crippen LogP contribution in [0.3, 0.4) is 0 Å². The standard InChI is InChI=1S/C30H34N4O.C29H35N3OS.C2H6/c1-33-22-25-7-2-3-8-28(25)30(23-33,29-9-4-5-16-32-29)26-14-18-34(19-15-26)17-6-20-35-27-12-10-24(21-31)11-13-27;1-34-28-11-8-26(9-12-28)32-19-22(20-32)18-31-15-13-24(14-16-31)29(21-30,23-5-3-2-4-6-23)25-7-10-27(33)17-25;1-2/h2-5,7-13,16,26H,6,14-15,17-20,22-23H2,1H3;2-6,8-9,11-12,22,24-25H,7,10,13-20H2,1H3;1-2H3.